The molecule has 2 heterocycles. The lowest BCUT2D eigenvalue weighted by molar-refractivity contribution is -0.151. The van der Waals surface area contributed by atoms with E-state index in [1.165, 1.54) is 73.2 Å². The first kappa shape index (κ1) is 70.0. The van der Waals surface area contributed by atoms with Crippen LogP contribution in [0.3, 0.4) is 0 Å². The van der Waals surface area contributed by atoms with Gasteiger partial charge in [0.05, 0.1) is 19.4 Å². The zero-order chi connectivity index (χ0) is 70.4. The Labute approximate surface area is 580 Å². The third-order valence-corrected chi connectivity index (χ3v) is 19.2. The number of carboxylic acid groups (broad SMARTS) is 3. The summed E-state index contributed by atoms with van der Waals surface area (Å²) < 4.78 is 26.6. The molecule has 2 saturated heterocycles. The van der Waals surface area contributed by atoms with Crippen LogP contribution < -0.4 is 0 Å². The van der Waals surface area contributed by atoms with E-state index in [0.29, 0.717) is 32.4 Å². The Bertz CT molecular complexity index is 4170. The number of piperidine rings is 1. The third kappa shape index (κ3) is 15.5. The van der Waals surface area contributed by atoms with Crippen LogP contribution in [0.2, 0.25) is 0 Å². The number of carboxylic acids is 3. The minimum atomic E-state index is -0.987. The van der Waals surface area contributed by atoms with Crippen LogP contribution in [-0.2, 0) is 47.7 Å². The van der Waals surface area contributed by atoms with Crippen LogP contribution in [0.4, 0.5) is 14.4 Å². The van der Waals surface area contributed by atoms with Gasteiger partial charge in [-0.25, -0.2) is 24.0 Å². The SMILES string of the molecule is C=CCN(CC(=O)OC)C(=O)OCC1c2ccccc2-c2ccccc21.C[C@H](CC(=O)OCC1c2ccccc2-c2ccccc21)C(=O)O.O=C(O)C1CCCCN1C(=O)OCC1c2ccccc2-c2ccccc21.O=C(O)[C@@H]1CCCN1C(=O)OCC1c2ccccc2-c2ccccc21. The molecule has 8 aromatic rings. The Kier molecular flexibility index (Phi) is 22.6. The number of aliphatic carboxylic acids is 3. The van der Waals surface area contributed by atoms with Crippen molar-refractivity contribution >= 4 is 48.1 Å². The number of rotatable bonds is 17. The minimum Gasteiger partial charge on any atom is -0.481 e. The van der Waals surface area contributed by atoms with E-state index >= 15 is 0 Å². The Morgan fingerprint density at radius 1 is 0.440 bits per heavy atom. The van der Waals surface area contributed by atoms with Crippen LogP contribution in [0.1, 0.15) is 114 Å². The summed E-state index contributed by atoms with van der Waals surface area (Å²) in [6, 6.07) is 63.5. The van der Waals surface area contributed by atoms with E-state index in [0.717, 1.165) is 57.3 Å². The number of fused-ring (bicyclic) bond motifs is 12. The van der Waals surface area contributed by atoms with E-state index in [1.54, 1.807) is 6.08 Å². The monoisotopic (exact) mass is 1350 g/mol. The highest BCUT2D eigenvalue weighted by atomic mass is 16.6. The van der Waals surface area contributed by atoms with Gasteiger partial charge in [0, 0.05) is 43.3 Å². The Morgan fingerprint density at radius 2 is 0.740 bits per heavy atom. The summed E-state index contributed by atoms with van der Waals surface area (Å²) in [6.07, 6.45) is 3.12. The zero-order valence-electron chi connectivity index (χ0n) is 55.7. The van der Waals surface area contributed by atoms with Crippen molar-refractivity contribution in [2.45, 2.75) is 81.2 Å². The number of nitrogens with zero attached hydrogens (tertiary/aromatic N) is 3. The van der Waals surface area contributed by atoms with E-state index in [1.807, 2.05) is 109 Å². The van der Waals surface area contributed by atoms with Gasteiger partial charge in [0.15, 0.2) is 0 Å². The lowest BCUT2D eigenvalue weighted by atomic mass is 9.98. The quantitative estimate of drug-likeness (QED) is 0.0435. The van der Waals surface area contributed by atoms with Crippen molar-refractivity contribution in [1.82, 2.24) is 14.7 Å². The lowest BCUT2D eigenvalue weighted by Gasteiger charge is -2.32. The summed E-state index contributed by atoms with van der Waals surface area (Å²) in [7, 11) is 1.28. The molecular weight excluding hydrogens is 1270 g/mol. The highest BCUT2D eigenvalue weighted by molar-refractivity contribution is 5.85. The normalized spacial score (nSPS) is 15.9. The fourth-order valence-electron chi connectivity index (χ4n) is 14.3. The van der Waals surface area contributed by atoms with Crippen LogP contribution in [0.5, 0.6) is 0 Å². The second-order valence-corrected chi connectivity index (χ2v) is 25.2. The molecule has 0 radical (unpaired) electrons. The van der Waals surface area contributed by atoms with Crippen LogP contribution in [0, 0.1) is 5.92 Å². The molecule has 2 fully saturated rings. The van der Waals surface area contributed by atoms with Gasteiger partial charge in [-0.15, -0.1) is 6.58 Å². The number of hydrogen-bond acceptors (Lipinski definition) is 13. The van der Waals surface area contributed by atoms with Gasteiger partial charge < -0.3 is 39.0 Å². The van der Waals surface area contributed by atoms with Crippen molar-refractivity contribution in [3.05, 3.63) is 251 Å². The Hall–Kier alpha value is -11.3. The molecule has 19 nitrogen and oxygen atoms in total. The van der Waals surface area contributed by atoms with Crippen LogP contribution in [0.15, 0.2) is 207 Å². The van der Waals surface area contributed by atoms with Crippen molar-refractivity contribution in [2.24, 2.45) is 5.92 Å². The topological polar surface area (TPSA) is 253 Å². The van der Waals surface area contributed by atoms with Crippen molar-refractivity contribution in [2.75, 3.05) is 59.7 Å². The number of hydrogen-bond donors (Lipinski definition) is 3. The maximum atomic E-state index is 12.5. The van der Waals surface area contributed by atoms with E-state index in [-0.39, 0.29) is 69.6 Å². The van der Waals surface area contributed by atoms with Gasteiger partial charge in [0.25, 0.3) is 0 Å². The molecule has 3 atom stereocenters. The third-order valence-electron chi connectivity index (χ3n) is 19.2. The summed E-state index contributed by atoms with van der Waals surface area (Å²) in [4.78, 5) is 98.1. The molecule has 0 bridgehead atoms. The maximum Gasteiger partial charge on any atom is 0.410 e. The fraction of sp³-hybridized carbons (Fsp3) is 0.284. The molecule has 8 aromatic carbocycles. The molecule has 514 valence electrons. The predicted molar refractivity (Wildman–Crippen MR) is 374 cm³/mol. The van der Waals surface area contributed by atoms with Gasteiger partial charge in [-0.05, 0) is 121 Å². The molecule has 14 rings (SSSR count). The van der Waals surface area contributed by atoms with Crippen LogP contribution in [0.25, 0.3) is 44.5 Å². The van der Waals surface area contributed by atoms with E-state index in [2.05, 4.69) is 96.2 Å². The number of likely N-dealkylation sites (tertiary alicyclic amines) is 2. The highest BCUT2D eigenvalue weighted by Gasteiger charge is 2.39. The number of carbonyl (C=O) groups excluding carboxylic acids is 5. The van der Waals surface area contributed by atoms with Crippen LogP contribution in [-0.4, -0.2) is 150 Å². The summed E-state index contributed by atoms with van der Waals surface area (Å²) in [5.74, 6) is -4.65. The minimum absolute atomic E-state index is 0.00600. The zero-order valence-corrected chi connectivity index (χ0v) is 55.7. The molecule has 0 spiro atoms. The number of carbonyl (C=O) groups is 8. The number of benzene rings is 8. The van der Waals surface area contributed by atoms with Crippen molar-refractivity contribution in [3.8, 4) is 44.5 Å². The number of ether oxygens (including phenoxy) is 5. The van der Waals surface area contributed by atoms with Gasteiger partial charge in [0.1, 0.15) is 45.1 Å². The van der Waals surface area contributed by atoms with E-state index < -0.39 is 66.1 Å². The molecule has 0 aromatic heterocycles. The second kappa shape index (κ2) is 32.3. The molecule has 3 N–H and O–H groups in total. The molecular formula is C81H79N3O16. The Balaban J connectivity index is 0.000000135. The standard InChI is InChI=1S/2C21H21NO4.C20H19NO4.C19H18O4/c23-20(24)19-11-5-6-12-22(19)21(25)26-13-18-16-9-3-1-7-14(16)15-8-2-4-10-17(15)18;1-3-12-22(13-20(23)25-2)21(24)26-14-19-17-10-6-4-8-15(17)16-9-5-7-11-18(16)19;22-19(23)18-10-5-11-21(18)20(24)25-12-17-15-8-3-1-6-13(15)14-7-2-4-9-16(14)17;1-12(19(21)22)10-18(20)23-11-17-15-8-4-2-6-13(15)14-7-3-5-9-16(14)17/h1-4,7-10,18-19H,5-6,11-13H2,(H,23,24);3-11,19H,1,12-14H2,2H3;1-4,6-9,17-18H,5,10-12H2,(H,22,23);2-9,12,17H,10-11H2,1H3,(H,21,22)/t;;18-;12-/m..01/s1. The first-order valence-electron chi connectivity index (χ1n) is 33.6. The maximum absolute atomic E-state index is 12.5. The first-order chi connectivity index (χ1) is 48.6. The molecule has 3 amide bonds. The summed E-state index contributed by atoms with van der Waals surface area (Å²) >= 11 is 0. The predicted octanol–water partition coefficient (Wildman–Crippen LogP) is 14.4. The molecule has 19 heteroatoms. The molecule has 0 saturated carbocycles. The van der Waals surface area contributed by atoms with Gasteiger partial charge in [-0.3, -0.25) is 29.1 Å². The summed E-state index contributed by atoms with van der Waals surface area (Å²) in [5.41, 5.74) is 18.5. The highest BCUT2D eigenvalue weighted by Crippen LogP contribution is 2.48. The van der Waals surface area contributed by atoms with Gasteiger partial charge in [-0.1, -0.05) is 207 Å². The van der Waals surface area contributed by atoms with Crippen molar-refractivity contribution in [1.29, 1.82) is 0 Å². The molecule has 1 unspecified atom stereocenters. The van der Waals surface area contributed by atoms with E-state index in [4.69, 9.17) is 24.1 Å². The van der Waals surface area contributed by atoms with Gasteiger partial charge in [-0.2, -0.15) is 0 Å². The van der Waals surface area contributed by atoms with Crippen molar-refractivity contribution < 1.29 is 77.4 Å². The smallest absolute Gasteiger partial charge is 0.410 e. The number of amides is 3. The molecule has 2 aliphatic heterocycles. The van der Waals surface area contributed by atoms with Crippen molar-refractivity contribution in [3.63, 3.8) is 0 Å². The van der Waals surface area contributed by atoms with Gasteiger partial charge >= 0.3 is 48.1 Å². The molecule has 4 aliphatic carbocycles. The molecule has 100 heavy (non-hydrogen) atoms. The molecule has 6 aliphatic rings. The lowest BCUT2D eigenvalue weighted by Crippen LogP contribution is -2.48. The first-order valence-corrected chi connectivity index (χ1v) is 33.6. The Morgan fingerprint density at radius 3 is 1.05 bits per heavy atom. The van der Waals surface area contributed by atoms with E-state index in [9.17, 15) is 48.6 Å². The number of methoxy groups -OCH3 is 1. The summed E-state index contributed by atoms with van der Waals surface area (Å²) in [5, 5.41) is 27.4. The summed E-state index contributed by atoms with van der Waals surface area (Å²) in [6.45, 7) is 6.92. The average Bonchev–Trinajstić information content (AvgIpc) is 1.67. The second-order valence-electron chi connectivity index (χ2n) is 25.2. The number of esters is 2. The fourth-order valence-corrected chi connectivity index (χ4v) is 14.3. The van der Waals surface area contributed by atoms with Crippen LogP contribution >= 0.6 is 0 Å². The average molecular weight is 1350 g/mol. The van der Waals surface area contributed by atoms with Gasteiger partial charge in [0.2, 0.25) is 0 Å². The largest absolute Gasteiger partial charge is 0.481 e.